The second-order valence-corrected chi connectivity index (χ2v) is 8.65. The fourth-order valence-electron chi connectivity index (χ4n) is 3.18. The molecule has 3 aromatic rings. The molecule has 0 atom stereocenters. The number of anilines is 2. The SMILES string of the molecule is CN(C)c1cc(-c2cccc(S(N)(=O)=O)c2-c2ccccc2)cc(N(C)C)c1. The first-order valence-electron chi connectivity index (χ1n) is 8.90. The topological polar surface area (TPSA) is 66.6 Å². The van der Waals surface area contributed by atoms with Crippen LogP contribution in [0.4, 0.5) is 11.4 Å². The Morgan fingerprint density at radius 2 is 1.29 bits per heavy atom. The fraction of sp³-hybridized carbons (Fsp3) is 0.182. The molecule has 0 unspecified atom stereocenters. The van der Waals surface area contributed by atoms with Gasteiger partial charge in [-0.3, -0.25) is 0 Å². The summed E-state index contributed by atoms with van der Waals surface area (Å²) in [5, 5.41) is 5.55. The van der Waals surface area contributed by atoms with Gasteiger partial charge in [-0.05, 0) is 41.0 Å². The van der Waals surface area contributed by atoms with Gasteiger partial charge in [-0.2, -0.15) is 0 Å². The molecule has 0 aliphatic carbocycles. The molecule has 0 fully saturated rings. The summed E-state index contributed by atoms with van der Waals surface area (Å²) in [4.78, 5) is 4.18. The Morgan fingerprint density at radius 1 is 0.714 bits per heavy atom. The zero-order valence-electron chi connectivity index (χ0n) is 16.5. The third-order valence-corrected chi connectivity index (χ3v) is 5.59. The molecule has 0 aromatic heterocycles. The molecular weight excluding hydrogens is 370 g/mol. The highest BCUT2D eigenvalue weighted by molar-refractivity contribution is 7.89. The van der Waals surface area contributed by atoms with Gasteiger partial charge in [0.25, 0.3) is 0 Å². The zero-order valence-corrected chi connectivity index (χ0v) is 17.4. The summed E-state index contributed by atoms with van der Waals surface area (Å²) in [6, 6.07) is 20.9. The van der Waals surface area contributed by atoms with E-state index in [0.717, 1.165) is 28.1 Å². The largest absolute Gasteiger partial charge is 0.378 e. The van der Waals surface area contributed by atoms with Crippen molar-refractivity contribution in [2.45, 2.75) is 4.90 Å². The third kappa shape index (κ3) is 4.03. The van der Waals surface area contributed by atoms with E-state index in [1.807, 2.05) is 74.4 Å². The van der Waals surface area contributed by atoms with E-state index in [9.17, 15) is 8.42 Å². The number of nitrogens with two attached hydrogens (primary N) is 1. The Hall–Kier alpha value is -2.83. The number of primary sulfonamides is 1. The first kappa shape index (κ1) is 19.9. The Bertz CT molecular complexity index is 1070. The lowest BCUT2D eigenvalue weighted by molar-refractivity contribution is 0.598. The molecule has 0 aliphatic heterocycles. The van der Waals surface area contributed by atoms with Crippen LogP contribution in [0, 0.1) is 0 Å². The minimum atomic E-state index is -3.89. The van der Waals surface area contributed by atoms with Crippen molar-refractivity contribution in [1.29, 1.82) is 0 Å². The van der Waals surface area contributed by atoms with Gasteiger partial charge in [0, 0.05) is 45.1 Å². The van der Waals surface area contributed by atoms with Crippen LogP contribution in [-0.4, -0.2) is 36.6 Å². The fourth-order valence-corrected chi connectivity index (χ4v) is 3.96. The molecule has 146 valence electrons. The maximum Gasteiger partial charge on any atom is 0.238 e. The van der Waals surface area contributed by atoms with E-state index in [0.29, 0.717) is 5.56 Å². The average Bonchev–Trinajstić information content (AvgIpc) is 2.67. The van der Waals surface area contributed by atoms with E-state index in [1.165, 1.54) is 0 Å². The molecular formula is C22H25N3O2S. The van der Waals surface area contributed by atoms with Crippen LogP contribution in [0.25, 0.3) is 22.3 Å². The van der Waals surface area contributed by atoms with Crippen molar-refractivity contribution in [1.82, 2.24) is 0 Å². The van der Waals surface area contributed by atoms with Crippen LogP contribution in [0.1, 0.15) is 0 Å². The van der Waals surface area contributed by atoms with Crippen LogP contribution in [0.2, 0.25) is 0 Å². The summed E-state index contributed by atoms with van der Waals surface area (Å²) >= 11 is 0. The molecule has 0 amide bonds. The Labute approximate surface area is 167 Å². The van der Waals surface area contributed by atoms with Crippen LogP contribution < -0.4 is 14.9 Å². The molecule has 6 heteroatoms. The third-order valence-electron chi connectivity index (χ3n) is 4.64. The molecule has 5 nitrogen and oxygen atoms in total. The van der Waals surface area contributed by atoms with Crippen molar-refractivity contribution >= 4 is 21.4 Å². The first-order valence-corrected chi connectivity index (χ1v) is 10.4. The summed E-state index contributed by atoms with van der Waals surface area (Å²) in [5.41, 5.74) is 5.24. The quantitative estimate of drug-likeness (QED) is 0.714. The molecule has 28 heavy (non-hydrogen) atoms. The van der Waals surface area contributed by atoms with Crippen molar-refractivity contribution in [3.63, 3.8) is 0 Å². The van der Waals surface area contributed by atoms with Crippen LogP contribution in [0.3, 0.4) is 0 Å². The second kappa shape index (κ2) is 7.66. The summed E-state index contributed by atoms with van der Waals surface area (Å²) in [7, 11) is 4.05. The minimum absolute atomic E-state index is 0.123. The summed E-state index contributed by atoms with van der Waals surface area (Å²) in [5.74, 6) is 0. The average molecular weight is 396 g/mol. The maximum absolute atomic E-state index is 12.3. The van der Waals surface area contributed by atoms with E-state index >= 15 is 0 Å². The molecule has 0 aliphatic rings. The van der Waals surface area contributed by atoms with Gasteiger partial charge in [0.15, 0.2) is 0 Å². The summed E-state index contributed by atoms with van der Waals surface area (Å²) < 4.78 is 24.6. The number of hydrogen-bond acceptors (Lipinski definition) is 4. The van der Waals surface area contributed by atoms with Crippen LogP contribution in [0.15, 0.2) is 71.6 Å². The zero-order chi connectivity index (χ0) is 20.5. The van der Waals surface area contributed by atoms with Gasteiger partial charge in [0.2, 0.25) is 10.0 Å². The number of rotatable bonds is 5. The van der Waals surface area contributed by atoms with Crippen molar-refractivity contribution in [3.05, 3.63) is 66.7 Å². The standard InChI is InChI=1S/C22H25N3O2S/c1-24(2)18-13-17(14-19(15-18)25(3)4)20-11-8-12-21(28(23,26)27)22(20)16-9-6-5-7-10-16/h5-15H,1-4H3,(H2,23,26,27). The summed E-state index contributed by atoms with van der Waals surface area (Å²) in [6.07, 6.45) is 0. The van der Waals surface area contributed by atoms with E-state index in [-0.39, 0.29) is 4.90 Å². The molecule has 0 radical (unpaired) electrons. The van der Waals surface area contributed by atoms with E-state index < -0.39 is 10.0 Å². The predicted molar refractivity (Wildman–Crippen MR) is 117 cm³/mol. The van der Waals surface area contributed by atoms with Gasteiger partial charge in [-0.1, -0.05) is 42.5 Å². The summed E-state index contributed by atoms with van der Waals surface area (Å²) in [6.45, 7) is 0. The van der Waals surface area contributed by atoms with Gasteiger partial charge in [0.1, 0.15) is 0 Å². The predicted octanol–water partition coefficient (Wildman–Crippen LogP) is 3.80. The molecule has 2 N–H and O–H groups in total. The van der Waals surface area contributed by atoms with Gasteiger partial charge in [-0.25, -0.2) is 13.6 Å². The Balaban J connectivity index is 2.38. The Morgan fingerprint density at radius 3 is 1.79 bits per heavy atom. The van der Waals surface area contributed by atoms with E-state index in [1.54, 1.807) is 12.1 Å². The first-order chi connectivity index (χ1) is 13.2. The second-order valence-electron chi connectivity index (χ2n) is 7.12. The van der Waals surface area contributed by atoms with Crippen molar-refractivity contribution in [3.8, 4) is 22.3 Å². The van der Waals surface area contributed by atoms with Gasteiger partial charge < -0.3 is 9.80 Å². The van der Waals surface area contributed by atoms with E-state index in [2.05, 4.69) is 18.2 Å². The number of sulfonamides is 1. The minimum Gasteiger partial charge on any atom is -0.378 e. The lowest BCUT2D eigenvalue weighted by atomic mass is 9.93. The molecule has 3 aromatic carbocycles. The highest BCUT2D eigenvalue weighted by atomic mass is 32.2. The van der Waals surface area contributed by atoms with Crippen molar-refractivity contribution in [2.24, 2.45) is 5.14 Å². The normalized spacial score (nSPS) is 11.3. The van der Waals surface area contributed by atoms with Crippen LogP contribution >= 0.6 is 0 Å². The molecule has 0 heterocycles. The van der Waals surface area contributed by atoms with Crippen molar-refractivity contribution in [2.75, 3.05) is 38.0 Å². The monoisotopic (exact) mass is 395 g/mol. The Kier molecular flexibility index (Phi) is 5.45. The van der Waals surface area contributed by atoms with Gasteiger partial charge in [0.05, 0.1) is 4.90 Å². The van der Waals surface area contributed by atoms with Gasteiger partial charge in [-0.15, -0.1) is 0 Å². The number of benzene rings is 3. The smallest absolute Gasteiger partial charge is 0.238 e. The maximum atomic E-state index is 12.3. The molecule has 3 rings (SSSR count). The lowest BCUT2D eigenvalue weighted by Crippen LogP contribution is -2.14. The van der Waals surface area contributed by atoms with E-state index in [4.69, 9.17) is 5.14 Å². The van der Waals surface area contributed by atoms with Crippen LogP contribution in [0.5, 0.6) is 0 Å². The number of hydrogen-bond donors (Lipinski definition) is 1. The lowest BCUT2D eigenvalue weighted by Gasteiger charge is -2.21. The molecule has 0 spiro atoms. The van der Waals surface area contributed by atoms with Crippen molar-refractivity contribution < 1.29 is 8.42 Å². The highest BCUT2D eigenvalue weighted by Gasteiger charge is 2.20. The number of nitrogens with zero attached hydrogens (tertiary/aromatic N) is 2. The highest BCUT2D eigenvalue weighted by Crippen LogP contribution is 2.39. The van der Waals surface area contributed by atoms with Crippen LogP contribution in [-0.2, 0) is 10.0 Å². The molecule has 0 saturated carbocycles. The molecule has 0 saturated heterocycles. The van der Waals surface area contributed by atoms with Gasteiger partial charge >= 0.3 is 0 Å². The molecule has 0 bridgehead atoms.